The highest BCUT2D eigenvalue weighted by Crippen LogP contribution is 2.36. The largest absolute Gasteiger partial charge is 0.495 e. The van der Waals surface area contributed by atoms with Gasteiger partial charge in [-0.15, -0.1) is 0 Å². The first kappa shape index (κ1) is 18.8. The number of rotatable bonds is 2. The molecule has 0 aliphatic carbocycles. The number of hydrogen-bond acceptors (Lipinski definition) is 5. The van der Waals surface area contributed by atoms with Gasteiger partial charge in [-0.25, -0.2) is 4.79 Å². The maximum absolute atomic E-state index is 12.4. The molecule has 3 rings (SSSR count). The molecule has 1 fully saturated rings. The van der Waals surface area contributed by atoms with Crippen LogP contribution < -0.4 is 15.0 Å². The number of carbonyl (C=O) groups excluding carboxylic acids is 1. The molecule has 6 nitrogen and oxygen atoms in total. The molecule has 0 aromatic heterocycles. The van der Waals surface area contributed by atoms with Crippen molar-refractivity contribution in [3.8, 4) is 5.75 Å². The molecule has 1 amide bonds. The Kier molecular flexibility index (Phi) is 5.61. The number of amides is 1. The number of fused-ring (bicyclic) bond motifs is 1. The lowest BCUT2D eigenvalue weighted by atomic mass is 9.97. The Morgan fingerprint density at radius 1 is 1.15 bits per heavy atom. The fraction of sp³-hybridized carbons (Fsp3) is 0.650. The quantitative estimate of drug-likeness (QED) is 0.878. The van der Waals surface area contributed by atoms with Gasteiger partial charge in [0.25, 0.3) is 0 Å². The minimum Gasteiger partial charge on any atom is -0.495 e. The predicted octanol–water partition coefficient (Wildman–Crippen LogP) is 2.79. The number of nitrogens with one attached hydrogen (secondary N) is 1. The molecule has 1 N–H and O–H groups in total. The number of methoxy groups -OCH3 is 1. The number of nitrogens with zero attached hydrogens (tertiary/aromatic N) is 2. The van der Waals surface area contributed by atoms with Gasteiger partial charge >= 0.3 is 6.09 Å². The third-order valence-corrected chi connectivity index (χ3v) is 4.89. The standard InChI is InChI=1S/C20H31N3O3/c1-20(2,3)26-19(24)23-11-5-10-22(12-13-23)18-16-8-9-21-14-15(16)6-7-17(18)25-4/h6-7,21H,5,8-14H2,1-4H3. The lowest BCUT2D eigenvalue weighted by molar-refractivity contribution is 0.0263. The number of hydrogen-bond donors (Lipinski definition) is 1. The second kappa shape index (κ2) is 7.74. The van der Waals surface area contributed by atoms with Crippen LogP contribution >= 0.6 is 0 Å². The summed E-state index contributed by atoms with van der Waals surface area (Å²) in [5, 5.41) is 3.44. The van der Waals surface area contributed by atoms with E-state index in [1.54, 1.807) is 7.11 Å². The van der Waals surface area contributed by atoms with Crippen LogP contribution in [-0.4, -0.2) is 56.4 Å². The molecule has 2 aliphatic rings. The highest BCUT2D eigenvalue weighted by molar-refractivity contribution is 5.69. The molecule has 0 unspecified atom stereocenters. The zero-order chi connectivity index (χ0) is 18.7. The molecule has 0 saturated carbocycles. The predicted molar refractivity (Wildman–Crippen MR) is 103 cm³/mol. The molecule has 144 valence electrons. The first-order valence-electron chi connectivity index (χ1n) is 9.51. The molecule has 0 spiro atoms. The maximum atomic E-state index is 12.4. The summed E-state index contributed by atoms with van der Waals surface area (Å²) in [6.45, 7) is 10.7. The summed E-state index contributed by atoms with van der Waals surface area (Å²) >= 11 is 0. The molecule has 6 heteroatoms. The van der Waals surface area contributed by atoms with Crippen molar-refractivity contribution >= 4 is 11.8 Å². The summed E-state index contributed by atoms with van der Waals surface area (Å²) in [7, 11) is 1.73. The average Bonchev–Trinajstić information content (AvgIpc) is 2.85. The van der Waals surface area contributed by atoms with E-state index in [1.807, 2.05) is 25.7 Å². The second-order valence-corrected chi connectivity index (χ2v) is 7.99. The van der Waals surface area contributed by atoms with E-state index in [0.717, 1.165) is 51.3 Å². The molecule has 2 heterocycles. The lowest BCUT2D eigenvalue weighted by Crippen LogP contribution is -2.39. The van der Waals surface area contributed by atoms with E-state index in [-0.39, 0.29) is 6.09 Å². The van der Waals surface area contributed by atoms with Crippen molar-refractivity contribution in [2.75, 3.05) is 44.7 Å². The Balaban J connectivity index is 1.78. The Labute approximate surface area is 156 Å². The van der Waals surface area contributed by atoms with E-state index < -0.39 is 5.60 Å². The molecule has 0 atom stereocenters. The molecule has 1 saturated heterocycles. The fourth-order valence-electron chi connectivity index (χ4n) is 3.70. The Bertz CT molecular complexity index is 654. The van der Waals surface area contributed by atoms with Crippen molar-refractivity contribution in [2.45, 2.75) is 45.8 Å². The van der Waals surface area contributed by atoms with Gasteiger partial charge in [0.2, 0.25) is 0 Å². The monoisotopic (exact) mass is 361 g/mol. The summed E-state index contributed by atoms with van der Waals surface area (Å²) in [6.07, 6.45) is 1.71. The number of anilines is 1. The number of ether oxygens (including phenoxy) is 2. The minimum atomic E-state index is -0.461. The van der Waals surface area contributed by atoms with Crippen molar-refractivity contribution in [1.29, 1.82) is 0 Å². The SMILES string of the molecule is COc1ccc2c(c1N1CCCN(C(=O)OC(C)(C)C)CC1)CCNC2. The van der Waals surface area contributed by atoms with Crippen LogP contribution in [0.5, 0.6) is 5.75 Å². The van der Waals surface area contributed by atoms with Crippen LogP contribution in [-0.2, 0) is 17.7 Å². The summed E-state index contributed by atoms with van der Waals surface area (Å²) in [6, 6.07) is 4.23. The molecule has 2 aliphatic heterocycles. The van der Waals surface area contributed by atoms with Crippen molar-refractivity contribution in [1.82, 2.24) is 10.2 Å². The van der Waals surface area contributed by atoms with E-state index in [4.69, 9.17) is 9.47 Å². The summed E-state index contributed by atoms with van der Waals surface area (Å²) in [5.74, 6) is 0.927. The third-order valence-electron chi connectivity index (χ3n) is 4.89. The smallest absolute Gasteiger partial charge is 0.410 e. The zero-order valence-electron chi connectivity index (χ0n) is 16.4. The van der Waals surface area contributed by atoms with Gasteiger partial charge in [0.1, 0.15) is 11.4 Å². The van der Waals surface area contributed by atoms with Gasteiger partial charge in [0, 0.05) is 32.7 Å². The van der Waals surface area contributed by atoms with Crippen LogP contribution in [0.1, 0.15) is 38.3 Å². The van der Waals surface area contributed by atoms with Crippen LogP contribution in [0.2, 0.25) is 0 Å². The first-order valence-corrected chi connectivity index (χ1v) is 9.51. The molecule has 0 radical (unpaired) electrons. The molecular formula is C20H31N3O3. The highest BCUT2D eigenvalue weighted by atomic mass is 16.6. The minimum absolute atomic E-state index is 0.217. The Hall–Kier alpha value is -1.95. The third kappa shape index (κ3) is 4.23. The highest BCUT2D eigenvalue weighted by Gasteiger charge is 2.27. The lowest BCUT2D eigenvalue weighted by Gasteiger charge is -2.31. The topological polar surface area (TPSA) is 54.0 Å². The van der Waals surface area contributed by atoms with E-state index in [9.17, 15) is 4.79 Å². The first-order chi connectivity index (χ1) is 12.4. The Morgan fingerprint density at radius 3 is 2.69 bits per heavy atom. The van der Waals surface area contributed by atoms with E-state index in [2.05, 4.69) is 22.3 Å². The summed E-state index contributed by atoms with van der Waals surface area (Å²) < 4.78 is 11.2. The van der Waals surface area contributed by atoms with Crippen molar-refractivity contribution in [3.63, 3.8) is 0 Å². The van der Waals surface area contributed by atoms with Crippen LogP contribution in [0, 0.1) is 0 Å². The fourth-order valence-corrected chi connectivity index (χ4v) is 3.70. The molecule has 1 aromatic carbocycles. The number of benzene rings is 1. The van der Waals surface area contributed by atoms with Crippen molar-refractivity contribution in [3.05, 3.63) is 23.3 Å². The van der Waals surface area contributed by atoms with Gasteiger partial charge in [-0.3, -0.25) is 0 Å². The van der Waals surface area contributed by atoms with Crippen LogP contribution in [0.25, 0.3) is 0 Å². The van der Waals surface area contributed by atoms with Crippen molar-refractivity contribution < 1.29 is 14.3 Å². The van der Waals surface area contributed by atoms with Gasteiger partial charge in [-0.05, 0) is 57.4 Å². The van der Waals surface area contributed by atoms with Gasteiger partial charge < -0.3 is 24.6 Å². The van der Waals surface area contributed by atoms with Crippen LogP contribution in [0.3, 0.4) is 0 Å². The average molecular weight is 361 g/mol. The van der Waals surface area contributed by atoms with Gasteiger partial charge in [0.15, 0.2) is 0 Å². The number of carbonyl (C=O) groups is 1. The van der Waals surface area contributed by atoms with E-state index in [1.165, 1.54) is 16.8 Å². The zero-order valence-corrected chi connectivity index (χ0v) is 16.4. The van der Waals surface area contributed by atoms with E-state index >= 15 is 0 Å². The normalized spacial score (nSPS) is 18.2. The molecule has 1 aromatic rings. The summed E-state index contributed by atoms with van der Waals surface area (Å²) in [5.41, 5.74) is 3.48. The van der Waals surface area contributed by atoms with Gasteiger partial charge in [-0.2, -0.15) is 0 Å². The molecular weight excluding hydrogens is 330 g/mol. The molecule has 0 bridgehead atoms. The van der Waals surface area contributed by atoms with E-state index in [0.29, 0.717) is 6.54 Å². The molecule has 26 heavy (non-hydrogen) atoms. The van der Waals surface area contributed by atoms with Crippen LogP contribution in [0.4, 0.5) is 10.5 Å². The van der Waals surface area contributed by atoms with Gasteiger partial charge in [-0.1, -0.05) is 6.07 Å². The van der Waals surface area contributed by atoms with Gasteiger partial charge in [0.05, 0.1) is 12.8 Å². The second-order valence-electron chi connectivity index (χ2n) is 7.99. The Morgan fingerprint density at radius 2 is 1.96 bits per heavy atom. The van der Waals surface area contributed by atoms with Crippen LogP contribution in [0.15, 0.2) is 12.1 Å². The van der Waals surface area contributed by atoms with Crippen molar-refractivity contribution in [2.24, 2.45) is 0 Å². The maximum Gasteiger partial charge on any atom is 0.410 e. The summed E-state index contributed by atoms with van der Waals surface area (Å²) in [4.78, 5) is 16.6.